The van der Waals surface area contributed by atoms with Gasteiger partial charge in [0.2, 0.25) is 0 Å². The molecular weight excluding hydrogens is 69.8 g/mol. The van der Waals surface area contributed by atoms with Crippen LogP contribution in [0.3, 0.4) is 0 Å². The minimum absolute atomic E-state index is 0.181. The first-order chi connectivity index (χ1) is 2.41. The number of halogens is 1. The molecule has 29 valence electrons. The van der Waals surface area contributed by atoms with Crippen LogP contribution in [0, 0.1) is 0 Å². The molecule has 0 amide bonds. The maximum atomic E-state index is 10.6. The Hall–Kier alpha value is -0.0451. The molecular formula is C2H5BFO. The third kappa shape index (κ3) is 3.95. The molecule has 0 bridgehead atoms. The lowest BCUT2D eigenvalue weighted by atomic mass is 10.5. The van der Waals surface area contributed by atoms with E-state index in [4.69, 9.17) is 0 Å². The van der Waals surface area contributed by atoms with Gasteiger partial charge in [0.1, 0.15) is 0 Å². The molecule has 0 aliphatic heterocycles. The van der Waals surface area contributed by atoms with Crippen LogP contribution in [0.1, 0.15) is 6.92 Å². The summed E-state index contributed by atoms with van der Waals surface area (Å²) in [6, 6.07) is 0. The van der Waals surface area contributed by atoms with E-state index in [9.17, 15) is 4.32 Å². The van der Waals surface area contributed by atoms with Crippen molar-refractivity contribution in [2.24, 2.45) is 0 Å². The van der Waals surface area contributed by atoms with E-state index >= 15 is 0 Å². The Kier molecular flexibility index (Phi) is 3.92. The molecule has 0 aromatic heterocycles. The molecule has 5 heavy (non-hydrogen) atoms. The van der Waals surface area contributed by atoms with Gasteiger partial charge in [-0.3, -0.25) is 4.32 Å². The summed E-state index contributed by atoms with van der Waals surface area (Å²) in [5.74, 6) is 0. The van der Waals surface area contributed by atoms with E-state index in [1.54, 1.807) is 6.92 Å². The van der Waals surface area contributed by atoms with Crippen LogP contribution < -0.4 is 0 Å². The summed E-state index contributed by atoms with van der Waals surface area (Å²) in [7, 11) is 0.181. The molecule has 0 saturated heterocycles. The highest BCUT2D eigenvalue weighted by Gasteiger charge is 1.77. The minimum Gasteiger partial charge on any atom is -0.410 e. The van der Waals surface area contributed by atoms with Gasteiger partial charge < -0.3 is 4.65 Å². The van der Waals surface area contributed by atoms with Gasteiger partial charge in [-0.05, 0) is 6.92 Å². The summed E-state index contributed by atoms with van der Waals surface area (Å²) in [6.07, 6.45) is 0. The van der Waals surface area contributed by atoms with E-state index in [1.807, 2.05) is 0 Å². The summed E-state index contributed by atoms with van der Waals surface area (Å²) in [6.45, 7) is 2.13. The van der Waals surface area contributed by atoms with Crippen molar-refractivity contribution in [2.75, 3.05) is 6.61 Å². The van der Waals surface area contributed by atoms with Crippen molar-refractivity contribution in [3.05, 3.63) is 0 Å². The van der Waals surface area contributed by atoms with Crippen molar-refractivity contribution in [3.8, 4) is 0 Å². The zero-order valence-corrected chi connectivity index (χ0v) is 3.07. The molecule has 1 nitrogen and oxygen atoms in total. The first-order valence-electron chi connectivity index (χ1n) is 1.45. The van der Waals surface area contributed by atoms with Crippen LogP contribution in [0.4, 0.5) is 4.32 Å². The van der Waals surface area contributed by atoms with E-state index in [0.29, 0.717) is 6.61 Å². The fourth-order valence-corrected chi connectivity index (χ4v) is 0.0630. The summed E-state index contributed by atoms with van der Waals surface area (Å²) >= 11 is 0. The van der Waals surface area contributed by atoms with E-state index in [1.165, 1.54) is 0 Å². The fraction of sp³-hybridized carbons (Fsp3) is 1.00. The van der Waals surface area contributed by atoms with Gasteiger partial charge in [0.15, 0.2) is 0 Å². The van der Waals surface area contributed by atoms with E-state index in [-0.39, 0.29) is 7.76 Å². The zero-order valence-electron chi connectivity index (χ0n) is 3.07. The van der Waals surface area contributed by atoms with E-state index in [0.717, 1.165) is 0 Å². The van der Waals surface area contributed by atoms with Crippen LogP contribution in [0.25, 0.3) is 0 Å². The Morgan fingerprint density at radius 1 is 2.00 bits per heavy atom. The van der Waals surface area contributed by atoms with Gasteiger partial charge in [-0.2, -0.15) is 0 Å². The molecule has 0 fully saturated rings. The molecule has 0 aliphatic rings. The smallest absolute Gasteiger partial charge is 0.410 e. The normalized spacial score (nSPS) is 7.60. The Bertz CT molecular complexity index is 17.1. The van der Waals surface area contributed by atoms with Gasteiger partial charge in [0, 0.05) is 6.61 Å². The standard InChI is InChI=1S/C2H5BFO/c1-2-5-3-4/h2H2,1H3. The third-order valence-corrected chi connectivity index (χ3v) is 0.230. The predicted molar refractivity (Wildman–Crippen MR) is 18.5 cm³/mol. The van der Waals surface area contributed by atoms with Gasteiger partial charge in [0.05, 0.1) is 0 Å². The maximum Gasteiger partial charge on any atom is 0.535 e. The highest BCUT2D eigenvalue weighted by Crippen LogP contribution is 1.63. The first kappa shape index (κ1) is 4.95. The van der Waals surface area contributed by atoms with Crippen LogP contribution in [0.2, 0.25) is 0 Å². The van der Waals surface area contributed by atoms with Crippen molar-refractivity contribution < 1.29 is 8.97 Å². The molecule has 0 spiro atoms. The minimum atomic E-state index is 0.181. The SMILES string of the molecule is CCO[B]F. The lowest BCUT2D eigenvalue weighted by molar-refractivity contribution is 0.333. The molecule has 0 aromatic rings. The molecule has 0 unspecified atom stereocenters. The summed E-state index contributed by atoms with van der Waals surface area (Å²) < 4.78 is 14.7. The number of hydrogen-bond donors (Lipinski definition) is 0. The van der Waals surface area contributed by atoms with Gasteiger partial charge in [0.25, 0.3) is 0 Å². The predicted octanol–water partition coefficient (Wildman–Crippen LogP) is 0.527. The monoisotopic (exact) mass is 75.0 g/mol. The van der Waals surface area contributed by atoms with Crippen LogP contribution >= 0.6 is 0 Å². The largest absolute Gasteiger partial charge is 0.535 e. The van der Waals surface area contributed by atoms with E-state index < -0.39 is 0 Å². The summed E-state index contributed by atoms with van der Waals surface area (Å²) in [4.78, 5) is 0. The van der Waals surface area contributed by atoms with Crippen molar-refractivity contribution >= 4 is 7.76 Å². The first-order valence-corrected chi connectivity index (χ1v) is 1.45. The highest BCUT2D eigenvalue weighted by molar-refractivity contribution is 6.16. The highest BCUT2D eigenvalue weighted by atomic mass is 19.1. The zero-order chi connectivity index (χ0) is 4.12. The molecule has 3 heteroatoms. The average molecular weight is 74.9 g/mol. The quantitative estimate of drug-likeness (QED) is 0.435. The fourth-order valence-electron chi connectivity index (χ4n) is 0.0630. The van der Waals surface area contributed by atoms with Crippen molar-refractivity contribution in [3.63, 3.8) is 0 Å². The van der Waals surface area contributed by atoms with Crippen molar-refractivity contribution in [1.29, 1.82) is 0 Å². The topological polar surface area (TPSA) is 9.23 Å². The van der Waals surface area contributed by atoms with Crippen LogP contribution in [-0.2, 0) is 4.65 Å². The maximum absolute atomic E-state index is 10.6. The second-order valence-corrected chi connectivity index (χ2v) is 0.544. The summed E-state index contributed by atoms with van der Waals surface area (Å²) in [5, 5.41) is 0. The molecule has 0 rings (SSSR count). The molecule has 0 heterocycles. The van der Waals surface area contributed by atoms with Gasteiger partial charge in [-0.1, -0.05) is 0 Å². The molecule has 0 N–H and O–H groups in total. The summed E-state index contributed by atoms with van der Waals surface area (Å²) in [5.41, 5.74) is 0. The van der Waals surface area contributed by atoms with Crippen molar-refractivity contribution in [2.45, 2.75) is 6.92 Å². The average Bonchev–Trinajstić information content (AvgIpc) is 1.41. The molecule has 0 atom stereocenters. The number of hydrogen-bond acceptors (Lipinski definition) is 1. The second-order valence-electron chi connectivity index (χ2n) is 0.544. The Morgan fingerprint density at radius 2 is 2.60 bits per heavy atom. The third-order valence-electron chi connectivity index (χ3n) is 0.230. The lowest BCUT2D eigenvalue weighted by Crippen LogP contribution is -1.87. The molecule has 0 saturated carbocycles. The van der Waals surface area contributed by atoms with Gasteiger partial charge in [-0.15, -0.1) is 0 Å². The van der Waals surface area contributed by atoms with E-state index in [2.05, 4.69) is 4.65 Å². The number of rotatable bonds is 2. The molecule has 0 aliphatic carbocycles. The van der Waals surface area contributed by atoms with Gasteiger partial charge >= 0.3 is 7.76 Å². The Labute approximate surface area is 31.5 Å². The molecule has 1 radical (unpaired) electrons. The van der Waals surface area contributed by atoms with Crippen LogP contribution in [-0.4, -0.2) is 14.4 Å². The Morgan fingerprint density at radius 3 is 2.60 bits per heavy atom. The Balaban J connectivity index is 2.19. The van der Waals surface area contributed by atoms with Crippen molar-refractivity contribution in [1.82, 2.24) is 0 Å². The van der Waals surface area contributed by atoms with Gasteiger partial charge in [-0.25, -0.2) is 0 Å². The second kappa shape index (κ2) is 3.95. The lowest BCUT2D eigenvalue weighted by Gasteiger charge is -1.80. The van der Waals surface area contributed by atoms with Crippen LogP contribution in [0.15, 0.2) is 0 Å². The molecule has 0 aromatic carbocycles. The van der Waals surface area contributed by atoms with Crippen LogP contribution in [0.5, 0.6) is 0 Å².